The van der Waals surface area contributed by atoms with Gasteiger partial charge in [-0.05, 0) is 42.8 Å². The minimum absolute atomic E-state index is 0.188. The molecule has 0 aliphatic heterocycles. The molecular weight excluding hydrogens is 285 g/mol. The van der Waals surface area contributed by atoms with E-state index in [1.165, 1.54) is 12.1 Å². The van der Waals surface area contributed by atoms with Crippen molar-refractivity contribution in [3.05, 3.63) is 65.7 Å². The fraction of sp³-hybridized carbons (Fsp3) is 0.176. The van der Waals surface area contributed by atoms with Gasteiger partial charge in [0.15, 0.2) is 0 Å². The van der Waals surface area contributed by atoms with Crippen molar-refractivity contribution in [1.82, 2.24) is 0 Å². The number of thioether (sulfide) groups is 1. The van der Waals surface area contributed by atoms with Crippen molar-refractivity contribution in [3.8, 4) is 0 Å². The van der Waals surface area contributed by atoms with Crippen LogP contribution >= 0.6 is 11.8 Å². The molecule has 1 unspecified atom stereocenters. The Morgan fingerprint density at radius 3 is 2.67 bits per heavy atom. The molecule has 1 heterocycles. The molecule has 3 aromatic rings. The molecule has 0 amide bonds. The van der Waals surface area contributed by atoms with Crippen LogP contribution in [0.4, 0.5) is 4.39 Å². The summed E-state index contributed by atoms with van der Waals surface area (Å²) >= 11 is 1.59. The van der Waals surface area contributed by atoms with Gasteiger partial charge in [-0.25, -0.2) is 4.39 Å². The molecule has 108 valence electrons. The fourth-order valence-corrected chi connectivity index (χ4v) is 3.08. The molecule has 1 aromatic heterocycles. The molecule has 0 radical (unpaired) electrons. The average molecular weight is 301 g/mol. The highest BCUT2D eigenvalue weighted by molar-refractivity contribution is 7.99. The minimum Gasteiger partial charge on any atom is -0.459 e. The number of furan rings is 1. The van der Waals surface area contributed by atoms with E-state index in [2.05, 4.69) is 0 Å². The third-order valence-corrected chi connectivity index (χ3v) is 4.50. The van der Waals surface area contributed by atoms with Crippen LogP contribution in [0.1, 0.15) is 17.4 Å². The number of fused-ring (bicyclic) bond motifs is 1. The van der Waals surface area contributed by atoms with E-state index in [-0.39, 0.29) is 11.9 Å². The number of nitrogens with two attached hydrogens (primary N) is 1. The van der Waals surface area contributed by atoms with E-state index in [9.17, 15) is 4.39 Å². The van der Waals surface area contributed by atoms with Gasteiger partial charge < -0.3 is 10.2 Å². The number of benzene rings is 2. The number of hydrogen-bond acceptors (Lipinski definition) is 3. The van der Waals surface area contributed by atoms with Crippen molar-refractivity contribution < 1.29 is 8.81 Å². The van der Waals surface area contributed by atoms with Crippen molar-refractivity contribution in [1.29, 1.82) is 0 Å². The lowest BCUT2D eigenvalue weighted by molar-refractivity contribution is 0.514. The molecule has 0 saturated heterocycles. The smallest absolute Gasteiger partial charge is 0.137 e. The van der Waals surface area contributed by atoms with Crippen LogP contribution in [0.5, 0.6) is 0 Å². The van der Waals surface area contributed by atoms with Crippen LogP contribution in [-0.2, 0) is 0 Å². The molecule has 0 bridgehead atoms. The average Bonchev–Trinajstić information content (AvgIpc) is 2.92. The normalized spacial score (nSPS) is 12.7. The monoisotopic (exact) mass is 301 g/mol. The Hall–Kier alpha value is -1.78. The summed E-state index contributed by atoms with van der Waals surface area (Å²) in [6.45, 7) is 2.02. The zero-order valence-electron chi connectivity index (χ0n) is 11.7. The molecule has 0 fully saturated rings. The lowest BCUT2D eigenvalue weighted by Gasteiger charge is -2.08. The van der Waals surface area contributed by atoms with Gasteiger partial charge in [0, 0.05) is 16.0 Å². The zero-order valence-corrected chi connectivity index (χ0v) is 12.5. The molecule has 0 aliphatic rings. The maximum atomic E-state index is 12.9. The first-order chi connectivity index (χ1) is 10.1. The van der Waals surface area contributed by atoms with E-state index < -0.39 is 0 Å². The van der Waals surface area contributed by atoms with Gasteiger partial charge in [0.05, 0.1) is 6.04 Å². The summed E-state index contributed by atoms with van der Waals surface area (Å²) in [5.74, 6) is 1.25. The Morgan fingerprint density at radius 1 is 1.19 bits per heavy atom. The molecule has 2 aromatic carbocycles. The molecule has 4 heteroatoms. The highest BCUT2D eigenvalue weighted by Crippen LogP contribution is 2.29. The topological polar surface area (TPSA) is 39.2 Å². The highest BCUT2D eigenvalue weighted by Gasteiger charge is 2.13. The molecule has 0 saturated carbocycles. The fourth-order valence-electron chi connectivity index (χ4n) is 2.21. The van der Waals surface area contributed by atoms with Crippen LogP contribution in [0.3, 0.4) is 0 Å². The van der Waals surface area contributed by atoms with Gasteiger partial charge in [-0.3, -0.25) is 0 Å². The minimum atomic E-state index is -0.226. The summed E-state index contributed by atoms with van der Waals surface area (Å²) in [5, 5.41) is 1.08. The van der Waals surface area contributed by atoms with Crippen LogP contribution in [0.25, 0.3) is 11.0 Å². The third-order valence-electron chi connectivity index (χ3n) is 3.37. The number of rotatable bonds is 4. The van der Waals surface area contributed by atoms with Crippen molar-refractivity contribution in [3.63, 3.8) is 0 Å². The molecule has 3 rings (SSSR count). The number of hydrogen-bond donors (Lipinski definition) is 1. The van der Waals surface area contributed by atoms with Crippen LogP contribution in [0.15, 0.2) is 57.8 Å². The van der Waals surface area contributed by atoms with E-state index in [1.807, 2.05) is 31.2 Å². The summed E-state index contributed by atoms with van der Waals surface area (Å²) in [7, 11) is 0. The first kappa shape index (κ1) is 14.2. The van der Waals surface area contributed by atoms with Crippen LogP contribution in [0, 0.1) is 12.7 Å². The van der Waals surface area contributed by atoms with Gasteiger partial charge in [-0.15, -0.1) is 11.8 Å². The van der Waals surface area contributed by atoms with Crippen molar-refractivity contribution in [2.45, 2.75) is 17.9 Å². The van der Waals surface area contributed by atoms with Crippen LogP contribution in [0.2, 0.25) is 0 Å². The summed E-state index contributed by atoms with van der Waals surface area (Å²) in [4.78, 5) is 0.999. The maximum absolute atomic E-state index is 12.9. The van der Waals surface area contributed by atoms with Gasteiger partial charge in [0.2, 0.25) is 0 Å². The first-order valence-electron chi connectivity index (χ1n) is 6.76. The van der Waals surface area contributed by atoms with Crippen molar-refractivity contribution >= 4 is 22.7 Å². The summed E-state index contributed by atoms with van der Waals surface area (Å²) < 4.78 is 18.7. The standard InChI is InChI=1S/C17H16FNOS/c1-11-3-2-4-12-9-16(20-17(11)12)15(19)10-21-14-7-5-13(18)6-8-14/h2-9,15H,10,19H2,1H3. The summed E-state index contributed by atoms with van der Waals surface area (Å²) in [6.07, 6.45) is 0. The Balaban J connectivity index is 1.73. The summed E-state index contributed by atoms with van der Waals surface area (Å²) in [5.41, 5.74) is 8.20. The zero-order chi connectivity index (χ0) is 14.8. The van der Waals surface area contributed by atoms with Crippen LogP contribution in [-0.4, -0.2) is 5.75 Å². The largest absolute Gasteiger partial charge is 0.459 e. The predicted octanol–water partition coefficient (Wildman–Crippen LogP) is 4.67. The van der Waals surface area contributed by atoms with Crippen molar-refractivity contribution in [2.75, 3.05) is 5.75 Å². The molecule has 1 atom stereocenters. The molecule has 0 aliphatic carbocycles. The van der Waals surface area contributed by atoms with Gasteiger partial charge in [-0.2, -0.15) is 0 Å². The Morgan fingerprint density at radius 2 is 1.95 bits per heavy atom. The SMILES string of the molecule is Cc1cccc2cc(C(N)CSc3ccc(F)cc3)oc12. The Bertz CT molecular complexity index is 751. The van der Waals surface area contributed by atoms with Gasteiger partial charge in [0.1, 0.15) is 17.2 Å². The Kier molecular flexibility index (Phi) is 3.99. The maximum Gasteiger partial charge on any atom is 0.137 e. The molecule has 2 N–H and O–H groups in total. The van der Waals surface area contributed by atoms with Crippen molar-refractivity contribution in [2.24, 2.45) is 5.73 Å². The lowest BCUT2D eigenvalue weighted by Crippen LogP contribution is -2.11. The van der Waals surface area contributed by atoms with Gasteiger partial charge in [0.25, 0.3) is 0 Å². The molecule has 21 heavy (non-hydrogen) atoms. The number of halogens is 1. The second-order valence-electron chi connectivity index (χ2n) is 5.01. The second-order valence-corrected chi connectivity index (χ2v) is 6.11. The number of para-hydroxylation sites is 1. The van der Waals surface area contributed by atoms with E-state index in [0.717, 1.165) is 27.2 Å². The number of aryl methyl sites for hydroxylation is 1. The first-order valence-corrected chi connectivity index (χ1v) is 7.75. The van der Waals surface area contributed by atoms with E-state index in [0.29, 0.717) is 5.75 Å². The lowest BCUT2D eigenvalue weighted by atomic mass is 10.1. The van der Waals surface area contributed by atoms with Gasteiger partial charge >= 0.3 is 0 Å². The van der Waals surface area contributed by atoms with E-state index in [4.69, 9.17) is 10.2 Å². The van der Waals surface area contributed by atoms with Gasteiger partial charge in [-0.1, -0.05) is 18.2 Å². The third kappa shape index (κ3) is 3.12. The highest BCUT2D eigenvalue weighted by atomic mass is 32.2. The Labute approximate surface area is 127 Å². The van der Waals surface area contributed by atoms with E-state index >= 15 is 0 Å². The molecular formula is C17H16FNOS. The summed E-state index contributed by atoms with van der Waals surface area (Å²) in [6, 6.07) is 14.3. The quantitative estimate of drug-likeness (QED) is 0.712. The second kappa shape index (κ2) is 5.92. The predicted molar refractivity (Wildman–Crippen MR) is 85.0 cm³/mol. The van der Waals surface area contributed by atoms with Crippen LogP contribution < -0.4 is 5.73 Å². The molecule has 0 spiro atoms. The molecule has 2 nitrogen and oxygen atoms in total. The van der Waals surface area contributed by atoms with E-state index in [1.54, 1.807) is 23.9 Å².